The number of nitrogens with one attached hydrogen (secondary N) is 1. The molecule has 2 heterocycles. The van der Waals surface area contributed by atoms with E-state index in [2.05, 4.69) is 5.32 Å². The van der Waals surface area contributed by atoms with Crippen LogP contribution in [0.4, 0.5) is 0 Å². The van der Waals surface area contributed by atoms with Crippen LogP contribution in [0.3, 0.4) is 0 Å². The number of rotatable bonds is 2. The number of sulfone groups is 1. The highest BCUT2D eigenvalue weighted by Gasteiger charge is 2.40. The molecule has 0 bridgehead atoms. The van der Waals surface area contributed by atoms with Gasteiger partial charge in [0, 0.05) is 16.0 Å². The minimum atomic E-state index is -3.08. The van der Waals surface area contributed by atoms with Gasteiger partial charge in [-0.3, -0.25) is 4.79 Å². The molecule has 1 aromatic heterocycles. The molecule has 1 aromatic carbocycles. The third-order valence-corrected chi connectivity index (χ3v) is 6.16. The summed E-state index contributed by atoms with van der Waals surface area (Å²) in [6.45, 7) is 3.52. The molecule has 0 saturated carbocycles. The first-order chi connectivity index (χ1) is 10.2. The van der Waals surface area contributed by atoms with Gasteiger partial charge in [-0.15, -0.1) is 0 Å². The number of hydrogen-bond donors (Lipinski definition) is 1. The number of aryl methyl sites for hydroxylation is 1. The fraction of sp³-hybridized carbons (Fsp3) is 0.400. The Morgan fingerprint density at radius 2 is 2.14 bits per heavy atom. The van der Waals surface area contributed by atoms with E-state index < -0.39 is 21.3 Å². The summed E-state index contributed by atoms with van der Waals surface area (Å²) in [4.78, 5) is 12.5. The number of hydrogen-bond acceptors (Lipinski definition) is 4. The molecule has 3 rings (SSSR count). The van der Waals surface area contributed by atoms with Crippen LogP contribution in [0, 0.1) is 6.92 Å². The Morgan fingerprint density at radius 3 is 2.77 bits per heavy atom. The van der Waals surface area contributed by atoms with E-state index in [1.54, 1.807) is 32.0 Å². The number of furan rings is 1. The summed E-state index contributed by atoms with van der Waals surface area (Å²) in [6.07, 6.45) is 0.409. The Morgan fingerprint density at radius 1 is 1.41 bits per heavy atom. The zero-order valence-corrected chi connectivity index (χ0v) is 13.8. The van der Waals surface area contributed by atoms with Crippen molar-refractivity contribution in [3.63, 3.8) is 0 Å². The Bertz CT molecular complexity index is 871. The zero-order valence-electron chi connectivity index (χ0n) is 12.3. The first-order valence-corrected chi connectivity index (χ1v) is 9.11. The Labute approximate surface area is 133 Å². The van der Waals surface area contributed by atoms with E-state index in [1.807, 2.05) is 0 Å². The molecule has 0 spiro atoms. The lowest BCUT2D eigenvalue weighted by molar-refractivity contribution is 0.0888. The maximum atomic E-state index is 12.5. The van der Waals surface area contributed by atoms with Crippen LogP contribution >= 0.6 is 11.6 Å². The summed E-state index contributed by atoms with van der Waals surface area (Å²) >= 11 is 5.96. The lowest BCUT2D eigenvalue weighted by Gasteiger charge is -2.23. The first kappa shape index (κ1) is 15.4. The second kappa shape index (κ2) is 4.99. The summed E-state index contributed by atoms with van der Waals surface area (Å²) in [6, 6.07) is 5.15. The number of fused-ring (bicyclic) bond motifs is 1. The SMILES string of the molecule is Cc1c(C(=O)N[C@]2(C)CCS(=O)(=O)C2)oc2ccc(Cl)cc12. The predicted octanol–water partition coefficient (Wildman–Crippen LogP) is 2.70. The van der Waals surface area contributed by atoms with E-state index in [0.717, 1.165) is 5.39 Å². The third-order valence-electron chi connectivity index (χ3n) is 4.02. The van der Waals surface area contributed by atoms with Crippen molar-refractivity contribution >= 4 is 38.3 Å². The molecule has 118 valence electrons. The second-order valence-corrected chi connectivity index (χ2v) is 8.67. The van der Waals surface area contributed by atoms with Crippen LogP contribution in [0.1, 0.15) is 29.5 Å². The molecule has 1 aliphatic rings. The van der Waals surface area contributed by atoms with Crippen molar-refractivity contribution in [1.82, 2.24) is 5.32 Å². The Balaban J connectivity index is 1.91. The number of halogens is 1. The molecule has 2 aromatic rings. The van der Waals surface area contributed by atoms with Gasteiger partial charge in [0.2, 0.25) is 0 Å². The van der Waals surface area contributed by atoms with E-state index in [9.17, 15) is 13.2 Å². The van der Waals surface area contributed by atoms with Crippen molar-refractivity contribution in [2.45, 2.75) is 25.8 Å². The van der Waals surface area contributed by atoms with E-state index in [4.69, 9.17) is 16.0 Å². The average molecular weight is 342 g/mol. The Kier molecular flexibility index (Phi) is 3.49. The van der Waals surface area contributed by atoms with Crippen LogP contribution < -0.4 is 5.32 Å². The molecule has 1 aliphatic heterocycles. The van der Waals surface area contributed by atoms with Crippen LogP contribution in [-0.4, -0.2) is 31.4 Å². The van der Waals surface area contributed by atoms with Gasteiger partial charge in [-0.1, -0.05) is 11.6 Å². The fourth-order valence-corrected chi connectivity index (χ4v) is 5.11. The van der Waals surface area contributed by atoms with Crippen molar-refractivity contribution in [3.8, 4) is 0 Å². The fourth-order valence-electron chi connectivity index (χ4n) is 2.85. The van der Waals surface area contributed by atoms with Crippen molar-refractivity contribution in [3.05, 3.63) is 34.5 Å². The predicted molar refractivity (Wildman–Crippen MR) is 85.1 cm³/mol. The van der Waals surface area contributed by atoms with Gasteiger partial charge in [0.15, 0.2) is 15.6 Å². The maximum absolute atomic E-state index is 12.5. The van der Waals surface area contributed by atoms with Crippen LogP contribution in [0.5, 0.6) is 0 Å². The monoisotopic (exact) mass is 341 g/mol. The van der Waals surface area contributed by atoms with Gasteiger partial charge in [-0.2, -0.15) is 0 Å². The molecule has 1 atom stereocenters. The van der Waals surface area contributed by atoms with E-state index in [-0.39, 0.29) is 17.3 Å². The summed E-state index contributed by atoms with van der Waals surface area (Å²) in [7, 11) is -3.08. The molecule has 5 nitrogen and oxygen atoms in total. The molecule has 1 saturated heterocycles. The molecule has 22 heavy (non-hydrogen) atoms. The molecule has 0 aliphatic carbocycles. The van der Waals surface area contributed by atoms with Gasteiger partial charge in [0.1, 0.15) is 5.58 Å². The van der Waals surface area contributed by atoms with E-state index in [1.165, 1.54) is 0 Å². The van der Waals surface area contributed by atoms with Gasteiger partial charge in [-0.25, -0.2) is 8.42 Å². The molecule has 7 heteroatoms. The molecular weight excluding hydrogens is 326 g/mol. The summed E-state index contributed by atoms with van der Waals surface area (Å²) < 4.78 is 28.8. The summed E-state index contributed by atoms with van der Waals surface area (Å²) in [5, 5.41) is 4.15. The number of benzene rings is 1. The zero-order chi connectivity index (χ0) is 16.1. The number of carbonyl (C=O) groups excluding carboxylic acids is 1. The van der Waals surface area contributed by atoms with Crippen LogP contribution in [-0.2, 0) is 9.84 Å². The molecule has 0 radical (unpaired) electrons. The molecule has 1 amide bonds. The van der Waals surface area contributed by atoms with Gasteiger partial charge < -0.3 is 9.73 Å². The first-order valence-electron chi connectivity index (χ1n) is 6.91. The van der Waals surface area contributed by atoms with Crippen LogP contribution in [0.15, 0.2) is 22.6 Å². The van der Waals surface area contributed by atoms with Crippen molar-refractivity contribution in [1.29, 1.82) is 0 Å². The minimum absolute atomic E-state index is 0.0448. The summed E-state index contributed by atoms with van der Waals surface area (Å²) in [5.74, 6) is -0.151. The number of carbonyl (C=O) groups is 1. The average Bonchev–Trinajstić information content (AvgIpc) is 2.87. The highest BCUT2D eigenvalue weighted by molar-refractivity contribution is 7.91. The largest absolute Gasteiger partial charge is 0.451 e. The van der Waals surface area contributed by atoms with Crippen molar-refractivity contribution in [2.24, 2.45) is 0 Å². The lowest BCUT2D eigenvalue weighted by Crippen LogP contribution is -2.47. The van der Waals surface area contributed by atoms with Gasteiger partial charge >= 0.3 is 0 Å². The Hall–Kier alpha value is -1.53. The second-order valence-electron chi connectivity index (χ2n) is 6.05. The van der Waals surface area contributed by atoms with Crippen LogP contribution in [0.2, 0.25) is 5.02 Å². The molecule has 0 unspecified atom stereocenters. The maximum Gasteiger partial charge on any atom is 0.287 e. The van der Waals surface area contributed by atoms with Crippen molar-refractivity contribution < 1.29 is 17.6 Å². The standard InChI is InChI=1S/C15H16ClNO4S/c1-9-11-7-10(16)3-4-12(11)21-13(9)14(18)17-15(2)5-6-22(19,20)8-15/h3-4,7H,5-6,8H2,1-2H3,(H,17,18)/t15-/m1/s1. The van der Waals surface area contributed by atoms with Crippen molar-refractivity contribution in [2.75, 3.05) is 11.5 Å². The van der Waals surface area contributed by atoms with Gasteiger partial charge in [0.25, 0.3) is 5.91 Å². The summed E-state index contributed by atoms with van der Waals surface area (Å²) in [5.41, 5.74) is 0.523. The smallest absolute Gasteiger partial charge is 0.287 e. The normalized spacial score (nSPS) is 23.8. The molecule has 1 N–H and O–H groups in total. The lowest BCUT2D eigenvalue weighted by atomic mass is 10.0. The highest BCUT2D eigenvalue weighted by Crippen LogP contribution is 2.29. The van der Waals surface area contributed by atoms with Crippen LogP contribution in [0.25, 0.3) is 11.0 Å². The van der Waals surface area contributed by atoms with E-state index >= 15 is 0 Å². The quantitative estimate of drug-likeness (QED) is 0.911. The molecule has 1 fully saturated rings. The highest BCUT2D eigenvalue weighted by atomic mass is 35.5. The van der Waals surface area contributed by atoms with E-state index in [0.29, 0.717) is 22.6 Å². The van der Waals surface area contributed by atoms with Gasteiger partial charge in [-0.05, 0) is 38.5 Å². The number of amides is 1. The van der Waals surface area contributed by atoms with Gasteiger partial charge in [0.05, 0.1) is 17.0 Å². The topological polar surface area (TPSA) is 76.4 Å². The minimum Gasteiger partial charge on any atom is -0.451 e. The molecular formula is C15H16ClNO4S. The third kappa shape index (κ3) is 2.73.